The number of amides is 1. The largest absolute Gasteiger partial charge is 0.481 e. The molecule has 21 heavy (non-hydrogen) atoms. The molecule has 5 heteroatoms. The van der Waals surface area contributed by atoms with Crippen LogP contribution in [0.2, 0.25) is 0 Å². The molecule has 4 nitrogen and oxygen atoms in total. The molecular weight excluding hydrogens is 334 g/mol. The molecule has 116 valence electrons. The third kappa shape index (κ3) is 5.87. The van der Waals surface area contributed by atoms with E-state index in [4.69, 9.17) is 5.11 Å². The summed E-state index contributed by atoms with van der Waals surface area (Å²) in [6.07, 6.45) is 2.45. The number of halogens is 1. The zero-order chi connectivity index (χ0) is 15.9. The zero-order valence-corrected chi connectivity index (χ0v) is 14.1. The first-order chi connectivity index (χ1) is 9.84. The molecule has 0 spiro atoms. The number of unbranched alkanes of at least 4 members (excludes halogenated alkanes) is 2. The fraction of sp³-hybridized carbons (Fsp3) is 0.500. The summed E-state index contributed by atoms with van der Waals surface area (Å²) < 4.78 is 0.953. The van der Waals surface area contributed by atoms with Gasteiger partial charge in [0.15, 0.2) is 0 Å². The van der Waals surface area contributed by atoms with Crippen LogP contribution in [0.15, 0.2) is 28.7 Å². The molecule has 1 amide bonds. The second kappa shape index (κ2) is 8.17. The number of hydrogen-bond donors (Lipinski definition) is 2. The zero-order valence-electron chi connectivity index (χ0n) is 12.5. The fourth-order valence-corrected chi connectivity index (χ4v) is 2.41. The first-order valence-electron chi connectivity index (χ1n) is 7.10. The van der Waals surface area contributed by atoms with Crippen molar-refractivity contribution in [1.82, 2.24) is 5.32 Å². The Labute approximate surface area is 134 Å². The monoisotopic (exact) mass is 355 g/mol. The van der Waals surface area contributed by atoms with Gasteiger partial charge in [-0.2, -0.15) is 0 Å². The van der Waals surface area contributed by atoms with Gasteiger partial charge in [0.25, 0.3) is 0 Å². The highest BCUT2D eigenvalue weighted by Gasteiger charge is 2.29. The van der Waals surface area contributed by atoms with Gasteiger partial charge >= 0.3 is 5.97 Å². The van der Waals surface area contributed by atoms with Crippen LogP contribution in [0, 0.1) is 0 Å². The van der Waals surface area contributed by atoms with Crippen LogP contribution in [-0.4, -0.2) is 23.5 Å². The van der Waals surface area contributed by atoms with Crippen LogP contribution in [0.3, 0.4) is 0 Å². The topological polar surface area (TPSA) is 66.4 Å². The molecule has 0 aromatic heterocycles. The van der Waals surface area contributed by atoms with Gasteiger partial charge in [-0.25, -0.2) is 0 Å². The molecule has 0 unspecified atom stereocenters. The van der Waals surface area contributed by atoms with Crippen molar-refractivity contribution >= 4 is 27.8 Å². The average molecular weight is 356 g/mol. The Bertz CT molecular complexity index is 500. The Balaban J connectivity index is 2.42. The molecule has 1 rings (SSSR count). The number of carbonyl (C=O) groups is 2. The molecule has 0 fully saturated rings. The highest BCUT2D eigenvalue weighted by atomic mass is 79.9. The minimum absolute atomic E-state index is 0.0150. The number of carbonyl (C=O) groups excluding carboxylic acids is 1. The molecule has 0 aliphatic heterocycles. The Morgan fingerprint density at radius 3 is 2.57 bits per heavy atom. The average Bonchev–Trinajstić information content (AvgIpc) is 2.42. The van der Waals surface area contributed by atoms with E-state index in [1.807, 2.05) is 38.1 Å². The second-order valence-electron chi connectivity index (χ2n) is 5.60. The van der Waals surface area contributed by atoms with Crippen LogP contribution in [0.25, 0.3) is 0 Å². The summed E-state index contributed by atoms with van der Waals surface area (Å²) in [5.41, 5.74) is 0.366. The van der Waals surface area contributed by atoms with E-state index in [0.29, 0.717) is 13.0 Å². The van der Waals surface area contributed by atoms with Crippen molar-refractivity contribution in [2.75, 3.05) is 6.54 Å². The van der Waals surface area contributed by atoms with Crippen molar-refractivity contribution in [1.29, 1.82) is 0 Å². The quantitative estimate of drug-likeness (QED) is 0.701. The summed E-state index contributed by atoms with van der Waals surface area (Å²) in [6, 6.07) is 7.74. The van der Waals surface area contributed by atoms with Crippen LogP contribution < -0.4 is 5.32 Å². The number of carboxylic acid groups (broad SMARTS) is 1. The van der Waals surface area contributed by atoms with E-state index in [9.17, 15) is 9.59 Å². The van der Waals surface area contributed by atoms with Gasteiger partial charge in [0.05, 0.1) is 5.41 Å². The minimum Gasteiger partial charge on any atom is -0.481 e. The highest BCUT2D eigenvalue weighted by Crippen LogP contribution is 2.25. The van der Waals surface area contributed by atoms with Crippen molar-refractivity contribution in [2.24, 2.45) is 0 Å². The van der Waals surface area contributed by atoms with Crippen molar-refractivity contribution in [3.05, 3.63) is 34.3 Å². The minimum atomic E-state index is -0.769. The molecule has 1 aromatic rings. The SMILES string of the molecule is CC(C)(C(=O)NCCCCCC(=O)O)c1cccc(Br)c1. The van der Waals surface area contributed by atoms with Gasteiger partial charge < -0.3 is 10.4 Å². The van der Waals surface area contributed by atoms with E-state index in [1.165, 1.54) is 0 Å². The van der Waals surface area contributed by atoms with E-state index in [-0.39, 0.29) is 12.3 Å². The fourth-order valence-electron chi connectivity index (χ4n) is 2.01. The van der Waals surface area contributed by atoms with Gasteiger partial charge in [-0.15, -0.1) is 0 Å². The van der Waals surface area contributed by atoms with E-state index in [1.54, 1.807) is 0 Å². The third-order valence-corrected chi connectivity index (χ3v) is 3.96. The Morgan fingerprint density at radius 2 is 1.95 bits per heavy atom. The van der Waals surface area contributed by atoms with Crippen molar-refractivity contribution in [3.63, 3.8) is 0 Å². The van der Waals surface area contributed by atoms with Gasteiger partial charge in [-0.05, 0) is 44.4 Å². The molecule has 0 aliphatic rings. The van der Waals surface area contributed by atoms with Crippen LogP contribution in [0.1, 0.15) is 45.1 Å². The van der Waals surface area contributed by atoms with E-state index in [0.717, 1.165) is 22.9 Å². The van der Waals surface area contributed by atoms with Crippen molar-refractivity contribution < 1.29 is 14.7 Å². The Morgan fingerprint density at radius 1 is 1.24 bits per heavy atom. The molecule has 0 aliphatic carbocycles. The molecule has 2 N–H and O–H groups in total. The summed E-state index contributed by atoms with van der Waals surface area (Å²) in [6.45, 7) is 4.37. The number of rotatable bonds is 8. The number of aliphatic carboxylic acids is 1. The normalized spacial score (nSPS) is 11.2. The summed E-state index contributed by atoms with van der Waals surface area (Å²) in [7, 11) is 0. The van der Waals surface area contributed by atoms with E-state index in [2.05, 4.69) is 21.2 Å². The Hall–Kier alpha value is -1.36. The molecule has 0 saturated heterocycles. The highest BCUT2D eigenvalue weighted by molar-refractivity contribution is 9.10. The second-order valence-corrected chi connectivity index (χ2v) is 6.51. The van der Waals surface area contributed by atoms with Gasteiger partial charge in [0, 0.05) is 17.4 Å². The number of benzene rings is 1. The number of carboxylic acids is 1. The lowest BCUT2D eigenvalue weighted by Gasteiger charge is -2.24. The molecule has 0 heterocycles. The molecule has 0 bridgehead atoms. The van der Waals surface area contributed by atoms with Gasteiger partial charge in [0.2, 0.25) is 5.91 Å². The summed E-state index contributed by atoms with van der Waals surface area (Å²) in [5.74, 6) is -0.784. The summed E-state index contributed by atoms with van der Waals surface area (Å²) >= 11 is 3.42. The maximum atomic E-state index is 12.3. The molecule has 0 atom stereocenters. The van der Waals surface area contributed by atoms with E-state index >= 15 is 0 Å². The molecule has 1 aromatic carbocycles. The number of nitrogens with one attached hydrogen (secondary N) is 1. The smallest absolute Gasteiger partial charge is 0.303 e. The summed E-state index contributed by atoms with van der Waals surface area (Å²) in [4.78, 5) is 22.7. The first kappa shape index (κ1) is 17.7. The maximum absolute atomic E-state index is 12.3. The van der Waals surface area contributed by atoms with Crippen LogP contribution in [-0.2, 0) is 15.0 Å². The van der Waals surface area contributed by atoms with Gasteiger partial charge in [-0.1, -0.05) is 34.5 Å². The van der Waals surface area contributed by atoms with Gasteiger partial charge in [0.1, 0.15) is 0 Å². The van der Waals surface area contributed by atoms with Gasteiger partial charge in [-0.3, -0.25) is 9.59 Å². The van der Waals surface area contributed by atoms with Crippen LogP contribution in [0.5, 0.6) is 0 Å². The lowest BCUT2D eigenvalue weighted by atomic mass is 9.84. The predicted octanol–water partition coefficient (Wildman–Crippen LogP) is 3.49. The summed E-state index contributed by atoms with van der Waals surface area (Å²) in [5, 5.41) is 11.5. The maximum Gasteiger partial charge on any atom is 0.303 e. The van der Waals surface area contributed by atoms with Crippen LogP contribution >= 0.6 is 15.9 Å². The predicted molar refractivity (Wildman–Crippen MR) is 86.3 cm³/mol. The number of hydrogen-bond acceptors (Lipinski definition) is 2. The molecule has 0 radical (unpaired) electrons. The molecule has 0 saturated carbocycles. The Kier molecular flexibility index (Phi) is 6.89. The van der Waals surface area contributed by atoms with Crippen molar-refractivity contribution in [2.45, 2.75) is 44.9 Å². The lowest BCUT2D eigenvalue weighted by molar-refractivity contribution is -0.137. The standard InChI is InChI=1S/C16H22BrNO3/c1-16(2,12-7-6-8-13(17)11-12)15(21)18-10-5-3-4-9-14(19)20/h6-8,11H,3-5,9-10H2,1-2H3,(H,18,21)(H,19,20). The third-order valence-electron chi connectivity index (χ3n) is 3.47. The first-order valence-corrected chi connectivity index (χ1v) is 7.89. The lowest BCUT2D eigenvalue weighted by Crippen LogP contribution is -2.40. The van der Waals surface area contributed by atoms with E-state index < -0.39 is 11.4 Å². The van der Waals surface area contributed by atoms with Crippen LogP contribution in [0.4, 0.5) is 0 Å². The molecular formula is C16H22BrNO3. The van der Waals surface area contributed by atoms with Crippen molar-refractivity contribution in [3.8, 4) is 0 Å².